The maximum atomic E-state index is 11.8. The summed E-state index contributed by atoms with van der Waals surface area (Å²) >= 11 is 5.73. The number of phenolic OH excluding ortho intramolecular Hbond substituents is 1. The van der Waals surface area contributed by atoms with Crippen LogP contribution in [0.15, 0.2) is 42.5 Å². The molecule has 0 heterocycles. The van der Waals surface area contributed by atoms with E-state index in [0.717, 1.165) is 6.07 Å². The first-order valence-electron chi connectivity index (χ1n) is 6.20. The van der Waals surface area contributed by atoms with Crippen molar-refractivity contribution in [1.82, 2.24) is 0 Å². The minimum Gasteiger partial charge on any atom is -0.508 e. The summed E-state index contributed by atoms with van der Waals surface area (Å²) in [5, 5.41) is 21.3. The van der Waals surface area contributed by atoms with E-state index >= 15 is 0 Å². The molecule has 0 aliphatic carbocycles. The second-order valence-corrected chi connectivity index (χ2v) is 4.76. The fourth-order valence-electron chi connectivity index (χ4n) is 1.68. The molecule has 0 aliphatic heterocycles. The highest BCUT2D eigenvalue weighted by molar-refractivity contribution is 6.30. The number of carbonyl (C=O) groups excluding carboxylic acids is 1. The summed E-state index contributed by atoms with van der Waals surface area (Å²) in [6.45, 7) is -0.290. The van der Waals surface area contributed by atoms with Crippen molar-refractivity contribution in [3.63, 3.8) is 0 Å². The molecule has 7 heteroatoms. The van der Waals surface area contributed by atoms with Crippen LogP contribution in [0.25, 0.3) is 0 Å². The van der Waals surface area contributed by atoms with E-state index in [1.807, 2.05) is 0 Å². The Morgan fingerprint density at radius 2 is 1.82 bits per heavy atom. The van der Waals surface area contributed by atoms with Gasteiger partial charge in [-0.05, 0) is 42.5 Å². The molecule has 114 valence electrons. The number of hydrogen-bond donors (Lipinski definition) is 3. The number of amides is 1. The van der Waals surface area contributed by atoms with Crippen molar-refractivity contribution in [2.45, 2.75) is 0 Å². The fraction of sp³-hybridized carbons (Fsp3) is 0.0667. The average Bonchev–Trinajstić information content (AvgIpc) is 2.48. The zero-order chi connectivity index (χ0) is 16.1. The SMILES string of the molecule is O=C(COc1ccc(Cl)cc1)Nc1ccc(O)cc1C(=O)O. The van der Waals surface area contributed by atoms with E-state index < -0.39 is 11.9 Å². The molecule has 0 spiro atoms. The summed E-state index contributed by atoms with van der Waals surface area (Å²) in [5.41, 5.74) is -0.130. The van der Waals surface area contributed by atoms with E-state index in [2.05, 4.69) is 5.32 Å². The number of rotatable bonds is 5. The Hall–Kier alpha value is -2.73. The monoisotopic (exact) mass is 321 g/mol. The van der Waals surface area contributed by atoms with Crippen LogP contribution in [0, 0.1) is 0 Å². The highest BCUT2D eigenvalue weighted by Gasteiger charge is 2.13. The Morgan fingerprint density at radius 3 is 2.45 bits per heavy atom. The van der Waals surface area contributed by atoms with Crippen molar-refractivity contribution in [2.24, 2.45) is 0 Å². The van der Waals surface area contributed by atoms with Crippen molar-refractivity contribution in [3.05, 3.63) is 53.1 Å². The summed E-state index contributed by atoms with van der Waals surface area (Å²) < 4.78 is 5.25. The molecule has 22 heavy (non-hydrogen) atoms. The summed E-state index contributed by atoms with van der Waals surface area (Å²) in [4.78, 5) is 22.9. The number of aromatic carboxylic acids is 1. The van der Waals surface area contributed by atoms with E-state index in [9.17, 15) is 14.7 Å². The van der Waals surface area contributed by atoms with E-state index in [4.69, 9.17) is 21.4 Å². The standard InChI is InChI=1S/C15H12ClNO5/c16-9-1-4-11(5-2-9)22-8-14(19)17-13-6-3-10(18)7-12(13)15(20)21/h1-7,18H,8H2,(H,17,19)(H,20,21). The van der Waals surface area contributed by atoms with E-state index in [1.165, 1.54) is 12.1 Å². The van der Waals surface area contributed by atoms with Crippen LogP contribution in [0.5, 0.6) is 11.5 Å². The molecule has 2 rings (SSSR count). The highest BCUT2D eigenvalue weighted by Crippen LogP contribution is 2.21. The molecule has 0 aromatic heterocycles. The van der Waals surface area contributed by atoms with Gasteiger partial charge in [-0.15, -0.1) is 0 Å². The molecule has 3 N–H and O–H groups in total. The number of carbonyl (C=O) groups is 2. The normalized spacial score (nSPS) is 10.0. The second-order valence-electron chi connectivity index (χ2n) is 4.33. The highest BCUT2D eigenvalue weighted by atomic mass is 35.5. The molecule has 6 nitrogen and oxygen atoms in total. The summed E-state index contributed by atoms with van der Waals surface area (Å²) in [5.74, 6) is -1.52. The number of halogens is 1. The van der Waals surface area contributed by atoms with Crippen LogP contribution in [-0.4, -0.2) is 28.7 Å². The smallest absolute Gasteiger partial charge is 0.337 e. The lowest BCUT2D eigenvalue weighted by atomic mass is 10.1. The molecule has 2 aromatic carbocycles. The molecule has 0 radical (unpaired) electrons. The van der Waals surface area contributed by atoms with Gasteiger partial charge in [0, 0.05) is 5.02 Å². The third-order valence-electron chi connectivity index (χ3n) is 2.69. The van der Waals surface area contributed by atoms with E-state index in [1.54, 1.807) is 24.3 Å². The summed E-state index contributed by atoms with van der Waals surface area (Å²) in [6.07, 6.45) is 0. The Labute approximate surface area is 130 Å². The third kappa shape index (κ3) is 4.13. The molecular weight excluding hydrogens is 310 g/mol. The number of anilines is 1. The molecule has 0 saturated heterocycles. The minimum absolute atomic E-state index is 0.0787. The number of carboxylic acid groups (broad SMARTS) is 1. The van der Waals surface area contributed by atoms with Gasteiger partial charge in [0.2, 0.25) is 0 Å². The van der Waals surface area contributed by atoms with Crippen molar-refractivity contribution >= 4 is 29.2 Å². The first kappa shape index (κ1) is 15.7. The van der Waals surface area contributed by atoms with Crippen molar-refractivity contribution < 1.29 is 24.5 Å². The van der Waals surface area contributed by atoms with Crippen molar-refractivity contribution in [2.75, 3.05) is 11.9 Å². The molecule has 0 fully saturated rings. The Balaban J connectivity index is 2.00. The Bertz CT molecular complexity index is 700. The number of phenols is 1. The van der Waals surface area contributed by atoms with Gasteiger partial charge in [0.15, 0.2) is 6.61 Å². The molecule has 0 unspecified atom stereocenters. The zero-order valence-corrected chi connectivity index (χ0v) is 12.0. The molecule has 2 aromatic rings. The lowest BCUT2D eigenvalue weighted by molar-refractivity contribution is -0.118. The number of aromatic hydroxyl groups is 1. The van der Waals surface area contributed by atoms with Gasteiger partial charge >= 0.3 is 5.97 Å². The van der Waals surface area contributed by atoms with Gasteiger partial charge in [-0.1, -0.05) is 11.6 Å². The number of benzene rings is 2. The second kappa shape index (κ2) is 6.82. The quantitative estimate of drug-likeness (QED) is 0.736. The van der Waals surface area contributed by atoms with Crippen LogP contribution in [0.4, 0.5) is 5.69 Å². The Morgan fingerprint density at radius 1 is 1.14 bits per heavy atom. The fourth-order valence-corrected chi connectivity index (χ4v) is 1.81. The lowest BCUT2D eigenvalue weighted by Gasteiger charge is -2.10. The first-order chi connectivity index (χ1) is 10.5. The van der Waals surface area contributed by atoms with Crippen LogP contribution >= 0.6 is 11.6 Å². The van der Waals surface area contributed by atoms with Gasteiger partial charge in [-0.3, -0.25) is 4.79 Å². The predicted molar refractivity (Wildman–Crippen MR) is 80.6 cm³/mol. The predicted octanol–water partition coefficient (Wildman–Crippen LogP) is 2.76. The average molecular weight is 322 g/mol. The molecule has 1 amide bonds. The first-order valence-corrected chi connectivity index (χ1v) is 6.58. The van der Waals surface area contributed by atoms with Crippen LogP contribution in [0.1, 0.15) is 10.4 Å². The topological polar surface area (TPSA) is 95.9 Å². The van der Waals surface area contributed by atoms with Gasteiger partial charge in [0.1, 0.15) is 11.5 Å². The van der Waals surface area contributed by atoms with E-state index in [-0.39, 0.29) is 23.6 Å². The van der Waals surface area contributed by atoms with Gasteiger partial charge in [0.05, 0.1) is 11.3 Å². The maximum Gasteiger partial charge on any atom is 0.337 e. The van der Waals surface area contributed by atoms with Crippen LogP contribution in [0.3, 0.4) is 0 Å². The summed E-state index contributed by atoms with van der Waals surface area (Å²) in [7, 11) is 0. The van der Waals surface area contributed by atoms with Crippen LogP contribution < -0.4 is 10.1 Å². The van der Waals surface area contributed by atoms with Gasteiger partial charge in [-0.2, -0.15) is 0 Å². The van der Waals surface area contributed by atoms with E-state index in [0.29, 0.717) is 10.8 Å². The van der Waals surface area contributed by atoms with Gasteiger partial charge < -0.3 is 20.3 Å². The van der Waals surface area contributed by atoms with Crippen molar-refractivity contribution in [1.29, 1.82) is 0 Å². The molecule has 0 saturated carbocycles. The number of nitrogens with one attached hydrogen (secondary N) is 1. The third-order valence-corrected chi connectivity index (χ3v) is 2.94. The molecule has 0 bridgehead atoms. The maximum absolute atomic E-state index is 11.8. The minimum atomic E-state index is -1.26. The Kier molecular flexibility index (Phi) is 4.85. The van der Waals surface area contributed by atoms with Crippen molar-refractivity contribution in [3.8, 4) is 11.5 Å². The number of carboxylic acids is 1. The largest absolute Gasteiger partial charge is 0.508 e. The molecule has 0 aliphatic rings. The van der Waals surface area contributed by atoms with Gasteiger partial charge in [0.25, 0.3) is 5.91 Å². The van der Waals surface area contributed by atoms with Crippen LogP contribution in [-0.2, 0) is 4.79 Å². The molecular formula is C15H12ClNO5. The van der Waals surface area contributed by atoms with Gasteiger partial charge in [-0.25, -0.2) is 4.79 Å². The number of ether oxygens (including phenoxy) is 1. The lowest BCUT2D eigenvalue weighted by Crippen LogP contribution is -2.21. The number of hydrogen-bond acceptors (Lipinski definition) is 4. The zero-order valence-electron chi connectivity index (χ0n) is 11.2. The van der Waals surface area contributed by atoms with Crippen LogP contribution in [0.2, 0.25) is 5.02 Å². The summed E-state index contributed by atoms with van der Waals surface area (Å²) in [6, 6.07) is 10.1. The molecule has 0 atom stereocenters.